The Morgan fingerprint density at radius 3 is 2.81 bits per heavy atom. The fourth-order valence-corrected chi connectivity index (χ4v) is 4.91. The van der Waals surface area contributed by atoms with Crippen LogP contribution in [0.4, 0.5) is 0 Å². The molecule has 1 N–H and O–H groups in total. The van der Waals surface area contributed by atoms with Gasteiger partial charge in [-0.1, -0.05) is 12.1 Å². The number of carbonyl (C=O) groups is 1. The van der Waals surface area contributed by atoms with Crippen molar-refractivity contribution in [3.8, 4) is 0 Å². The Morgan fingerprint density at radius 1 is 1.22 bits per heavy atom. The molecular weight excluding hydrogens is 364 g/mol. The molecule has 1 atom stereocenters. The lowest BCUT2D eigenvalue weighted by molar-refractivity contribution is -0.131. The lowest BCUT2D eigenvalue weighted by atomic mass is 10.1. The van der Waals surface area contributed by atoms with Crippen LogP contribution in [0.15, 0.2) is 58.7 Å². The summed E-state index contributed by atoms with van der Waals surface area (Å²) in [5, 5.41) is 0. The van der Waals surface area contributed by atoms with Gasteiger partial charge in [0.25, 0.3) is 10.0 Å². The quantitative estimate of drug-likeness (QED) is 0.871. The molecule has 1 unspecified atom stereocenters. The second-order valence-corrected chi connectivity index (χ2v) is 8.26. The van der Waals surface area contributed by atoms with Gasteiger partial charge in [0.1, 0.15) is 5.84 Å². The van der Waals surface area contributed by atoms with E-state index < -0.39 is 10.0 Å². The Kier molecular flexibility index (Phi) is 4.65. The van der Waals surface area contributed by atoms with E-state index in [0.717, 1.165) is 24.9 Å². The Hall–Kier alpha value is -2.74. The number of amides is 1. The van der Waals surface area contributed by atoms with Gasteiger partial charge >= 0.3 is 0 Å². The number of rotatable bonds is 4. The predicted molar refractivity (Wildman–Crippen MR) is 101 cm³/mol. The van der Waals surface area contributed by atoms with Gasteiger partial charge in [-0.2, -0.15) is 0 Å². The number of sulfonamides is 1. The summed E-state index contributed by atoms with van der Waals surface area (Å²) in [6.45, 7) is 0.975. The van der Waals surface area contributed by atoms with Crippen molar-refractivity contribution >= 4 is 21.8 Å². The number of benzene rings is 1. The molecule has 0 radical (unpaired) electrons. The van der Waals surface area contributed by atoms with Gasteiger partial charge < -0.3 is 4.90 Å². The van der Waals surface area contributed by atoms with Gasteiger partial charge in [0.2, 0.25) is 5.91 Å². The molecule has 27 heavy (non-hydrogen) atoms. The van der Waals surface area contributed by atoms with Crippen LogP contribution in [0.3, 0.4) is 0 Å². The van der Waals surface area contributed by atoms with Crippen LogP contribution in [0.25, 0.3) is 0 Å². The highest BCUT2D eigenvalue weighted by molar-refractivity contribution is 7.90. The highest BCUT2D eigenvalue weighted by Crippen LogP contribution is 2.32. The minimum atomic E-state index is -3.55. The molecule has 2 aliphatic heterocycles. The highest BCUT2D eigenvalue weighted by Gasteiger charge is 2.31. The van der Waals surface area contributed by atoms with Crippen LogP contribution >= 0.6 is 0 Å². The Balaban J connectivity index is 1.44. The van der Waals surface area contributed by atoms with Crippen molar-refractivity contribution in [2.75, 3.05) is 13.1 Å². The van der Waals surface area contributed by atoms with Gasteiger partial charge in [-0.05, 0) is 42.7 Å². The van der Waals surface area contributed by atoms with Crippen LogP contribution in [-0.4, -0.2) is 43.1 Å². The zero-order chi connectivity index (χ0) is 18.9. The first-order valence-corrected chi connectivity index (χ1v) is 10.4. The topological polar surface area (TPSA) is 91.7 Å². The van der Waals surface area contributed by atoms with E-state index in [9.17, 15) is 13.2 Å². The van der Waals surface area contributed by atoms with E-state index in [0.29, 0.717) is 11.4 Å². The molecule has 3 heterocycles. The van der Waals surface area contributed by atoms with Crippen molar-refractivity contribution < 1.29 is 13.2 Å². The maximum atomic E-state index is 12.7. The molecular formula is C19H20N4O3S. The van der Waals surface area contributed by atoms with E-state index in [1.54, 1.807) is 36.7 Å². The number of amidine groups is 1. The van der Waals surface area contributed by atoms with Gasteiger partial charge in [-0.25, -0.2) is 8.42 Å². The first kappa shape index (κ1) is 17.7. The molecule has 1 amide bonds. The number of hydrogen-bond acceptors (Lipinski definition) is 5. The predicted octanol–water partition coefficient (Wildman–Crippen LogP) is 1.87. The average molecular weight is 384 g/mol. The number of carbonyl (C=O) groups excluding carboxylic acids is 1. The summed E-state index contributed by atoms with van der Waals surface area (Å²) in [5.74, 6) is 0.346. The van der Waals surface area contributed by atoms with E-state index >= 15 is 0 Å². The molecule has 140 valence electrons. The van der Waals surface area contributed by atoms with Crippen molar-refractivity contribution in [3.63, 3.8) is 0 Å². The van der Waals surface area contributed by atoms with E-state index in [4.69, 9.17) is 0 Å². The standard InChI is InChI=1S/C19H20N4O3S/c24-18(23-13-3-5-16(23)14-7-10-20-11-8-14)9-12-21-19-15-4-1-2-6-17(15)27(25,26)22-19/h1-2,4,6-8,10-11,16H,3,5,9,12-13H2,(H,21,22). The van der Waals surface area contributed by atoms with Crippen molar-refractivity contribution in [1.82, 2.24) is 14.6 Å². The van der Waals surface area contributed by atoms with Crippen molar-refractivity contribution in [1.29, 1.82) is 0 Å². The van der Waals surface area contributed by atoms with Crippen LogP contribution in [0, 0.1) is 0 Å². The van der Waals surface area contributed by atoms with Gasteiger partial charge in [-0.3, -0.25) is 19.5 Å². The maximum Gasteiger partial charge on any atom is 0.263 e. The molecule has 1 fully saturated rings. The summed E-state index contributed by atoms with van der Waals surface area (Å²) in [4.78, 5) is 23.2. The molecule has 1 saturated heterocycles. The van der Waals surface area contributed by atoms with Crippen LogP contribution in [-0.2, 0) is 14.8 Å². The second-order valence-electron chi connectivity index (χ2n) is 6.61. The fraction of sp³-hybridized carbons (Fsp3) is 0.316. The number of aliphatic imine (C=N–C) groups is 1. The molecule has 1 aromatic carbocycles. The zero-order valence-electron chi connectivity index (χ0n) is 14.7. The third-order valence-corrected chi connectivity index (χ3v) is 6.32. The maximum absolute atomic E-state index is 12.7. The van der Waals surface area contributed by atoms with Crippen LogP contribution < -0.4 is 4.72 Å². The molecule has 0 saturated carbocycles. The van der Waals surface area contributed by atoms with Gasteiger partial charge in [0, 0.05) is 30.9 Å². The SMILES string of the molecule is O=C(CCN=C1NS(=O)(=O)c2ccccc21)N1CCCC1c1ccncc1. The number of nitrogens with zero attached hydrogens (tertiary/aromatic N) is 3. The molecule has 2 aromatic rings. The van der Waals surface area contributed by atoms with Crippen molar-refractivity contribution in [2.45, 2.75) is 30.2 Å². The number of nitrogens with one attached hydrogen (secondary N) is 1. The molecule has 0 spiro atoms. The summed E-state index contributed by atoms with van der Waals surface area (Å²) >= 11 is 0. The lowest BCUT2D eigenvalue weighted by Crippen LogP contribution is -2.31. The zero-order valence-corrected chi connectivity index (χ0v) is 15.5. The molecule has 1 aromatic heterocycles. The molecule has 2 aliphatic rings. The number of aromatic nitrogens is 1. The molecule has 8 heteroatoms. The van der Waals surface area contributed by atoms with E-state index in [2.05, 4.69) is 14.7 Å². The van der Waals surface area contributed by atoms with Crippen LogP contribution in [0.1, 0.15) is 36.4 Å². The second kappa shape index (κ2) is 7.11. The summed E-state index contributed by atoms with van der Waals surface area (Å²) in [5.41, 5.74) is 1.65. The Morgan fingerprint density at radius 2 is 2.00 bits per heavy atom. The third-order valence-electron chi connectivity index (χ3n) is 4.92. The number of hydrogen-bond donors (Lipinski definition) is 1. The number of likely N-dealkylation sites (tertiary alicyclic amines) is 1. The van der Waals surface area contributed by atoms with Crippen LogP contribution in [0.2, 0.25) is 0 Å². The monoisotopic (exact) mass is 384 g/mol. The van der Waals surface area contributed by atoms with E-state index in [-0.39, 0.29) is 29.8 Å². The van der Waals surface area contributed by atoms with Gasteiger partial charge in [-0.15, -0.1) is 0 Å². The number of fused-ring (bicyclic) bond motifs is 1. The number of pyridine rings is 1. The Labute approximate surface area is 158 Å². The van der Waals surface area contributed by atoms with E-state index in [1.807, 2.05) is 17.0 Å². The molecule has 0 aliphatic carbocycles. The normalized spacial score (nSPS) is 21.9. The molecule has 4 rings (SSSR count). The molecule has 0 bridgehead atoms. The minimum absolute atomic E-state index is 0.0350. The Bertz CT molecular complexity index is 989. The van der Waals surface area contributed by atoms with E-state index in [1.165, 1.54) is 0 Å². The van der Waals surface area contributed by atoms with Crippen molar-refractivity contribution in [3.05, 3.63) is 59.9 Å². The smallest absolute Gasteiger partial charge is 0.263 e. The largest absolute Gasteiger partial charge is 0.336 e. The van der Waals surface area contributed by atoms with Gasteiger partial charge in [0.15, 0.2) is 0 Å². The first-order chi connectivity index (χ1) is 13.1. The minimum Gasteiger partial charge on any atom is -0.336 e. The summed E-state index contributed by atoms with van der Waals surface area (Å²) < 4.78 is 26.7. The van der Waals surface area contributed by atoms with Crippen molar-refractivity contribution in [2.24, 2.45) is 4.99 Å². The molecule has 7 nitrogen and oxygen atoms in total. The summed E-state index contributed by atoms with van der Waals surface area (Å²) in [6.07, 6.45) is 5.64. The highest BCUT2D eigenvalue weighted by atomic mass is 32.2. The van der Waals surface area contributed by atoms with Crippen LogP contribution in [0.5, 0.6) is 0 Å². The van der Waals surface area contributed by atoms with Gasteiger partial charge in [0.05, 0.1) is 17.5 Å². The lowest BCUT2D eigenvalue weighted by Gasteiger charge is -2.24. The first-order valence-electron chi connectivity index (χ1n) is 8.92. The fourth-order valence-electron chi connectivity index (χ4n) is 3.66. The third kappa shape index (κ3) is 3.44. The summed E-state index contributed by atoms with van der Waals surface area (Å²) in [7, 11) is -3.55. The summed E-state index contributed by atoms with van der Waals surface area (Å²) in [6, 6.07) is 10.7. The average Bonchev–Trinajstić information content (AvgIpc) is 3.26.